The maximum atomic E-state index is 5.77. The van der Waals surface area contributed by atoms with Crippen LogP contribution in [0.3, 0.4) is 0 Å². The predicted molar refractivity (Wildman–Crippen MR) is 107 cm³/mol. The molecule has 1 heterocycles. The minimum absolute atomic E-state index is 0.797. The molecule has 0 amide bonds. The minimum atomic E-state index is 0.797. The van der Waals surface area contributed by atoms with E-state index in [9.17, 15) is 0 Å². The van der Waals surface area contributed by atoms with Gasteiger partial charge in [0.25, 0.3) is 0 Å². The van der Waals surface area contributed by atoms with Crippen LogP contribution in [0.2, 0.25) is 0 Å². The molecule has 3 rings (SSSR count). The Bertz CT molecular complexity index is 835. The van der Waals surface area contributed by atoms with Gasteiger partial charge in [0.1, 0.15) is 5.75 Å². The topological polar surface area (TPSA) is 9.23 Å². The second-order valence-electron chi connectivity index (χ2n) is 5.86. The van der Waals surface area contributed by atoms with Crippen LogP contribution in [-0.4, -0.2) is 6.61 Å². The van der Waals surface area contributed by atoms with Crippen molar-refractivity contribution in [3.05, 3.63) is 77.2 Å². The van der Waals surface area contributed by atoms with Crippen LogP contribution in [0.1, 0.15) is 36.6 Å². The molecule has 25 heavy (non-hydrogen) atoms. The minimum Gasteiger partial charge on any atom is -0.494 e. The Kier molecular flexibility index (Phi) is 6.31. The van der Waals surface area contributed by atoms with Gasteiger partial charge in [0.05, 0.1) is 11.5 Å². The lowest BCUT2D eigenvalue weighted by atomic mass is 10.2. The number of unbranched alkanes of at least 4 members (excludes halogenated alkanes) is 2. The van der Waals surface area contributed by atoms with E-state index in [2.05, 4.69) is 55.2 Å². The van der Waals surface area contributed by atoms with Gasteiger partial charge >= 0.3 is 0 Å². The van der Waals surface area contributed by atoms with E-state index in [0.717, 1.165) is 29.2 Å². The van der Waals surface area contributed by atoms with E-state index >= 15 is 0 Å². The molecule has 0 N–H and O–H groups in total. The fraction of sp³-hybridized carbons (Fsp3) is 0.217. The van der Waals surface area contributed by atoms with E-state index in [1.54, 1.807) is 11.3 Å². The maximum Gasteiger partial charge on any atom is 0.119 e. The highest BCUT2D eigenvalue weighted by molar-refractivity contribution is 7.16. The van der Waals surface area contributed by atoms with Crippen LogP contribution in [0.5, 0.6) is 5.75 Å². The van der Waals surface area contributed by atoms with Crippen LogP contribution in [-0.2, 0) is 0 Å². The normalized spacial score (nSPS) is 10.1. The quantitative estimate of drug-likeness (QED) is 0.371. The van der Waals surface area contributed by atoms with Crippen molar-refractivity contribution in [2.75, 3.05) is 6.61 Å². The second-order valence-corrected chi connectivity index (χ2v) is 6.94. The molecule has 0 aliphatic rings. The third-order valence-electron chi connectivity index (χ3n) is 3.87. The zero-order valence-corrected chi connectivity index (χ0v) is 15.3. The molecule has 1 aromatic heterocycles. The maximum absolute atomic E-state index is 5.77. The lowest BCUT2D eigenvalue weighted by molar-refractivity contribution is 0.306. The van der Waals surface area contributed by atoms with Crippen LogP contribution in [0.4, 0.5) is 0 Å². The third-order valence-corrected chi connectivity index (χ3v) is 4.92. The van der Waals surface area contributed by atoms with Gasteiger partial charge in [-0.15, -0.1) is 11.3 Å². The summed E-state index contributed by atoms with van der Waals surface area (Å²) in [6.07, 6.45) is 3.56. The Labute approximate surface area is 154 Å². The van der Waals surface area contributed by atoms with E-state index in [0.29, 0.717) is 0 Å². The number of ether oxygens (including phenoxy) is 1. The zero-order chi connectivity index (χ0) is 17.3. The smallest absolute Gasteiger partial charge is 0.119 e. The van der Waals surface area contributed by atoms with Gasteiger partial charge in [0.15, 0.2) is 0 Å². The van der Waals surface area contributed by atoms with Crippen molar-refractivity contribution in [1.29, 1.82) is 0 Å². The molecule has 3 aromatic rings. The van der Waals surface area contributed by atoms with Gasteiger partial charge in [-0.2, -0.15) is 0 Å². The van der Waals surface area contributed by atoms with Crippen molar-refractivity contribution in [2.45, 2.75) is 26.2 Å². The largest absolute Gasteiger partial charge is 0.494 e. The van der Waals surface area contributed by atoms with Gasteiger partial charge in [-0.3, -0.25) is 0 Å². The summed E-state index contributed by atoms with van der Waals surface area (Å²) in [4.78, 5) is 2.31. The van der Waals surface area contributed by atoms with Crippen LogP contribution in [0.25, 0.3) is 10.4 Å². The Morgan fingerprint density at radius 3 is 2.40 bits per heavy atom. The van der Waals surface area contributed by atoms with Crippen molar-refractivity contribution < 1.29 is 4.74 Å². The number of rotatable bonds is 6. The molecule has 0 spiro atoms. The predicted octanol–water partition coefficient (Wildman–Crippen LogP) is 6.38. The van der Waals surface area contributed by atoms with E-state index in [1.807, 2.05) is 30.3 Å². The van der Waals surface area contributed by atoms with Crippen molar-refractivity contribution in [3.8, 4) is 28.0 Å². The van der Waals surface area contributed by atoms with Crippen LogP contribution < -0.4 is 4.74 Å². The monoisotopic (exact) mass is 346 g/mol. The summed E-state index contributed by atoms with van der Waals surface area (Å²) in [5.41, 5.74) is 2.25. The number of thiophene rings is 1. The molecule has 126 valence electrons. The summed E-state index contributed by atoms with van der Waals surface area (Å²) >= 11 is 1.72. The van der Waals surface area contributed by atoms with Gasteiger partial charge in [-0.25, -0.2) is 0 Å². The van der Waals surface area contributed by atoms with Gasteiger partial charge in [0, 0.05) is 10.4 Å². The van der Waals surface area contributed by atoms with Crippen LogP contribution >= 0.6 is 11.3 Å². The SMILES string of the molecule is CCCCCOc1ccc(-c2ccc(C#Cc3ccccc3)s2)cc1. The van der Waals surface area contributed by atoms with Crippen molar-refractivity contribution >= 4 is 11.3 Å². The van der Waals surface area contributed by atoms with E-state index in [-0.39, 0.29) is 0 Å². The number of hydrogen-bond donors (Lipinski definition) is 0. The molecule has 0 atom stereocenters. The van der Waals surface area contributed by atoms with E-state index in [4.69, 9.17) is 4.74 Å². The first-order valence-corrected chi connectivity index (χ1v) is 9.57. The van der Waals surface area contributed by atoms with Crippen LogP contribution in [0.15, 0.2) is 66.7 Å². The molecule has 0 saturated heterocycles. The van der Waals surface area contributed by atoms with Crippen molar-refractivity contribution in [3.63, 3.8) is 0 Å². The Morgan fingerprint density at radius 2 is 1.64 bits per heavy atom. The summed E-state index contributed by atoms with van der Waals surface area (Å²) in [5, 5.41) is 0. The molecule has 0 radical (unpaired) electrons. The Hall–Kier alpha value is -2.50. The lowest BCUT2D eigenvalue weighted by Crippen LogP contribution is -1.96. The van der Waals surface area contributed by atoms with Crippen molar-refractivity contribution in [1.82, 2.24) is 0 Å². The van der Waals surface area contributed by atoms with Gasteiger partial charge in [0.2, 0.25) is 0 Å². The van der Waals surface area contributed by atoms with Gasteiger partial charge in [-0.1, -0.05) is 49.8 Å². The standard InChI is InChI=1S/C23H22OS/c1-2-3-7-18-24-21-13-11-20(12-14-21)23-17-16-22(25-23)15-10-19-8-5-4-6-9-19/h4-6,8-9,11-14,16-17H,2-3,7,18H2,1H3. The van der Waals surface area contributed by atoms with Gasteiger partial charge < -0.3 is 4.74 Å². The summed E-state index contributed by atoms with van der Waals surface area (Å²) in [5.74, 6) is 7.40. The average molecular weight is 346 g/mol. The summed E-state index contributed by atoms with van der Waals surface area (Å²) in [6, 6.07) is 22.7. The fourth-order valence-corrected chi connectivity index (χ4v) is 3.34. The highest BCUT2D eigenvalue weighted by Crippen LogP contribution is 2.29. The fourth-order valence-electron chi connectivity index (χ4n) is 2.47. The molecule has 0 fully saturated rings. The molecule has 0 aliphatic carbocycles. The summed E-state index contributed by atoms with van der Waals surface area (Å²) < 4.78 is 5.77. The van der Waals surface area contributed by atoms with E-state index in [1.165, 1.54) is 23.3 Å². The van der Waals surface area contributed by atoms with Crippen molar-refractivity contribution in [2.24, 2.45) is 0 Å². The molecule has 0 saturated carbocycles. The first-order chi connectivity index (χ1) is 12.3. The molecule has 0 aliphatic heterocycles. The molecule has 2 heteroatoms. The first kappa shape index (κ1) is 17.3. The lowest BCUT2D eigenvalue weighted by Gasteiger charge is -2.06. The Balaban J connectivity index is 1.63. The van der Waals surface area contributed by atoms with Gasteiger partial charge in [-0.05, 0) is 60.5 Å². The molecule has 0 unspecified atom stereocenters. The summed E-state index contributed by atoms with van der Waals surface area (Å²) in [6.45, 7) is 3.00. The molecule has 1 nitrogen and oxygen atoms in total. The number of hydrogen-bond acceptors (Lipinski definition) is 2. The number of benzene rings is 2. The molecule has 0 bridgehead atoms. The second kappa shape index (κ2) is 9.11. The highest BCUT2D eigenvalue weighted by atomic mass is 32.1. The molecular weight excluding hydrogens is 324 g/mol. The summed E-state index contributed by atoms with van der Waals surface area (Å²) in [7, 11) is 0. The average Bonchev–Trinajstić information content (AvgIpc) is 3.14. The Morgan fingerprint density at radius 1 is 0.840 bits per heavy atom. The zero-order valence-electron chi connectivity index (χ0n) is 14.5. The first-order valence-electron chi connectivity index (χ1n) is 8.75. The molecule has 2 aromatic carbocycles. The van der Waals surface area contributed by atoms with E-state index < -0.39 is 0 Å². The van der Waals surface area contributed by atoms with Crippen LogP contribution in [0, 0.1) is 11.8 Å². The highest BCUT2D eigenvalue weighted by Gasteiger charge is 2.02. The molecular formula is C23H22OS. The third kappa shape index (κ3) is 5.24.